The predicted octanol–water partition coefficient (Wildman–Crippen LogP) is 12.2. The summed E-state index contributed by atoms with van der Waals surface area (Å²) in [5.74, 6) is 1.46. The van der Waals surface area contributed by atoms with E-state index in [1.54, 1.807) is 0 Å². The van der Waals surface area contributed by atoms with Crippen LogP contribution in [0.25, 0.3) is 77.9 Å². The molecule has 0 atom stereocenters. The van der Waals surface area contributed by atoms with E-state index in [0.29, 0.717) is 5.89 Å². The molecule has 0 amide bonds. The molecular weight excluding hydrogens is 576 g/mol. The highest BCUT2D eigenvalue weighted by atomic mass is 16.4. The van der Waals surface area contributed by atoms with Gasteiger partial charge in [0.2, 0.25) is 5.89 Å². The Labute approximate surface area is 270 Å². The molecule has 0 bridgehead atoms. The lowest BCUT2D eigenvalue weighted by Gasteiger charge is -2.28. The quantitative estimate of drug-likeness (QED) is 0.197. The number of hydrogen-bond donors (Lipinski definition) is 0. The van der Waals surface area contributed by atoms with E-state index in [2.05, 4.69) is 120 Å². The molecule has 0 fully saturated rings. The first-order valence-corrected chi connectivity index (χ1v) is 15.8. The zero-order valence-electron chi connectivity index (χ0n) is 25.2. The third-order valence-electron chi connectivity index (χ3n) is 9.26. The lowest BCUT2D eigenvalue weighted by atomic mass is 9.99. The van der Waals surface area contributed by atoms with E-state index in [-0.39, 0.29) is 0 Å². The Hall–Kier alpha value is -6.39. The number of anilines is 3. The van der Waals surface area contributed by atoms with Crippen molar-refractivity contribution in [2.75, 3.05) is 4.90 Å². The fourth-order valence-electron chi connectivity index (χ4n) is 7.15. The number of benzene rings is 7. The van der Waals surface area contributed by atoms with Crippen molar-refractivity contribution in [3.63, 3.8) is 0 Å². The highest BCUT2D eigenvalue weighted by Crippen LogP contribution is 2.52. The van der Waals surface area contributed by atoms with Gasteiger partial charge in [0.1, 0.15) is 16.9 Å². The molecule has 0 saturated carbocycles. The maximum absolute atomic E-state index is 6.47. The molecule has 0 unspecified atom stereocenters. The van der Waals surface area contributed by atoms with Gasteiger partial charge in [0.15, 0.2) is 5.76 Å². The van der Waals surface area contributed by atoms with Gasteiger partial charge in [0.25, 0.3) is 0 Å². The van der Waals surface area contributed by atoms with Crippen molar-refractivity contribution in [2.45, 2.75) is 0 Å². The molecule has 220 valence electrons. The molecule has 0 saturated heterocycles. The van der Waals surface area contributed by atoms with E-state index >= 15 is 0 Å². The van der Waals surface area contributed by atoms with E-state index in [1.807, 2.05) is 42.5 Å². The third-order valence-corrected chi connectivity index (χ3v) is 9.26. The van der Waals surface area contributed by atoms with Gasteiger partial charge >= 0.3 is 0 Å². The molecule has 1 aliphatic carbocycles. The summed E-state index contributed by atoms with van der Waals surface area (Å²) < 4.78 is 12.8. The van der Waals surface area contributed by atoms with Crippen molar-refractivity contribution >= 4 is 49.8 Å². The predicted molar refractivity (Wildman–Crippen MR) is 191 cm³/mol. The normalized spacial score (nSPS) is 11.8. The van der Waals surface area contributed by atoms with Crippen LogP contribution >= 0.6 is 0 Å². The topological polar surface area (TPSA) is 42.4 Å². The maximum atomic E-state index is 6.47. The molecule has 0 spiro atoms. The molecule has 10 rings (SSSR count). The molecular formula is C43H26N2O2. The van der Waals surface area contributed by atoms with E-state index < -0.39 is 0 Å². The summed E-state index contributed by atoms with van der Waals surface area (Å²) in [5, 5.41) is 4.46. The standard InChI is InChI=1S/C43H26N2O2/c1-3-11-27(12-4-1)28-21-23-30(24-22-28)45(36-18-10-20-38-40(36)32-15-7-8-19-37(32)46-38)35-26-25-33-39-31(35)16-9-17-34(39)42-41(33)44-43(47-42)29-13-5-2-6-14-29/h1-26H. The molecule has 4 nitrogen and oxygen atoms in total. The van der Waals surface area contributed by atoms with Gasteiger partial charge in [-0.05, 0) is 65.7 Å². The molecule has 0 radical (unpaired) electrons. The van der Waals surface area contributed by atoms with Crippen LogP contribution in [0.2, 0.25) is 0 Å². The summed E-state index contributed by atoms with van der Waals surface area (Å²) in [6, 6.07) is 54.9. The number of furan rings is 1. The summed E-state index contributed by atoms with van der Waals surface area (Å²) in [5.41, 5.74) is 11.3. The first-order chi connectivity index (χ1) is 23.3. The number of para-hydroxylation sites is 1. The van der Waals surface area contributed by atoms with Crippen molar-refractivity contribution < 1.29 is 8.83 Å². The second kappa shape index (κ2) is 10.1. The van der Waals surface area contributed by atoms with Crippen LogP contribution < -0.4 is 4.90 Å². The fourth-order valence-corrected chi connectivity index (χ4v) is 7.15. The molecule has 0 N–H and O–H groups in total. The van der Waals surface area contributed by atoms with Crippen LogP contribution in [0.15, 0.2) is 167 Å². The zero-order chi connectivity index (χ0) is 30.9. The van der Waals surface area contributed by atoms with Gasteiger partial charge in [-0.2, -0.15) is 0 Å². The Bertz CT molecular complexity index is 2590. The molecule has 9 aromatic rings. The van der Waals surface area contributed by atoms with E-state index in [9.17, 15) is 0 Å². The minimum atomic E-state index is 0.640. The Morgan fingerprint density at radius 1 is 0.426 bits per heavy atom. The van der Waals surface area contributed by atoms with Gasteiger partial charge in [-0.25, -0.2) is 4.98 Å². The minimum absolute atomic E-state index is 0.640. The summed E-state index contributed by atoms with van der Waals surface area (Å²) in [4.78, 5) is 7.37. The Morgan fingerprint density at radius 3 is 1.94 bits per heavy atom. The van der Waals surface area contributed by atoms with Gasteiger partial charge in [-0.3, -0.25) is 0 Å². The summed E-state index contributed by atoms with van der Waals surface area (Å²) in [7, 11) is 0. The Morgan fingerprint density at radius 2 is 1.11 bits per heavy atom. The van der Waals surface area contributed by atoms with Crippen LogP contribution in [0.3, 0.4) is 0 Å². The average Bonchev–Trinajstić information content (AvgIpc) is 3.83. The highest BCUT2D eigenvalue weighted by Gasteiger charge is 2.30. The molecule has 2 aromatic heterocycles. The molecule has 2 heterocycles. The molecule has 1 aliphatic rings. The molecule has 7 aromatic carbocycles. The Balaban J connectivity index is 1.20. The monoisotopic (exact) mass is 602 g/mol. The second-order valence-corrected chi connectivity index (χ2v) is 11.9. The SMILES string of the molecule is c1ccc(-c2ccc(N(c3ccc4c5c(cccc35)-c3oc(-c5ccccc5)nc3-4)c3cccc4oc5ccccc5c34)cc2)cc1. The van der Waals surface area contributed by atoms with Crippen LogP contribution in [0.5, 0.6) is 0 Å². The second-order valence-electron chi connectivity index (χ2n) is 11.9. The van der Waals surface area contributed by atoms with Crippen LogP contribution in [0, 0.1) is 0 Å². The number of nitrogens with zero attached hydrogens (tertiary/aromatic N) is 2. The van der Waals surface area contributed by atoms with Crippen LogP contribution in [-0.2, 0) is 0 Å². The van der Waals surface area contributed by atoms with Crippen molar-refractivity contribution in [1.29, 1.82) is 0 Å². The summed E-state index contributed by atoms with van der Waals surface area (Å²) >= 11 is 0. The third kappa shape index (κ3) is 3.92. The maximum Gasteiger partial charge on any atom is 0.227 e. The highest BCUT2D eigenvalue weighted by molar-refractivity contribution is 6.19. The Kier molecular flexibility index (Phi) is 5.54. The lowest BCUT2D eigenvalue weighted by molar-refractivity contribution is 0.590. The smallest absolute Gasteiger partial charge is 0.227 e. The van der Waals surface area contributed by atoms with Crippen LogP contribution in [-0.4, -0.2) is 4.98 Å². The summed E-state index contributed by atoms with van der Waals surface area (Å²) in [6.45, 7) is 0. The van der Waals surface area contributed by atoms with E-state index in [1.165, 1.54) is 11.1 Å². The van der Waals surface area contributed by atoms with Crippen molar-refractivity contribution in [2.24, 2.45) is 0 Å². The van der Waals surface area contributed by atoms with Crippen molar-refractivity contribution in [3.05, 3.63) is 158 Å². The van der Waals surface area contributed by atoms with E-state index in [0.717, 1.165) is 77.9 Å². The first-order valence-electron chi connectivity index (χ1n) is 15.8. The largest absolute Gasteiger partial charge is 0.456 e. The number of oxazole rings is 1. The fraction of sp³-hybridized carbons (Fsp3) is 0. The first kappa shape index (κ1) is 25.9. The van der Waals surface area contributed by atoms with Gasteiger partial charge in [-0.1, -0.05) is 103 Å². The van der Waals surface area contributed by atoms with Crippen molar-refractivity contribution in [3.8, 4) is 45.2 Å². The van der Waals surface area contributed by atoms with E-state index in [4.69, 9.17) is 13.8 Å². The molecule has 0 aliphatic heterocycles. The minimum Gasteiger partial charge on any atom is -0.456 e. The van der Waals surface area contributed by atoms with Gasteiger partial charge in [-0.15, -0.1) is 0 Å². The molecule has 47 heavy (non-hydrogen) atoms. The number of hydrogen-bond acceptors (Lipinski definition) is 4. The van der Waals surface area contributed by atoms with Gasteiger partial charge < -0.3 is 13.7 Å². The van der Waals surface area contributed by atoms with Crippen LogP contribution in [0.4, 0.5) is 17.1 Å². The molecule has 4 heteroatoms. The summed E-state index contributed by atoms with van der Waals surface area (Å²) in [6.07, 6.45) is 0. The number of aromatic nitrogens is 1. The van der Waals surface area contributed by atoms with Gasteiger partial charge in [0, 0.05) is 38.5 Å². The number of rotatable bonds is 5. The van der Waals surface area contributed by atoms with Crippen molar-refractivity contribution in [1.82, 2.24) is 4.98 Å². The zero-order valence-corrected chi connectivity index (χ0v) is 25.2. The van der Waals surface area contributed by atoms with Crippen LogP contribution in [0.1, 0.15) is 0 Å². The van der Waals surface area contributed by atoms with Gasteiger partial charge in [0.05, 0.1) is 16.8 Å². The lowest BCUT2D eigenvalue weighted by Crippen LogP contribution is -2.11. The average molecular weight is 603 g/mol. The number of fused-ring (bicyclic) bond motifs is 6.